The Morgan fingerprint density at radius 1 is 1.09 bits per heavy atom. The topological polar surface area (TPSA) is 35.6 Å². The zero-order chi connectivity index (χ0) is 16.3. The Kier molecular flexibility index (Phi) is 5.12. The first-order chi connectivity index (χ1) is 10.3. The molecule has 0 spiro atoms. The molecule has 1 heterocycles. The lowest BCUT2D eigenvalue weighted by Gasteiger charge is -2.37. The van der Waals surface area contributed by atoms with Crippen molar-refractivity contribution in [3.05, 3.63) is 29.8 Å². The van der Waals surface area contributed by atoms with Gasteiger partial charge in [0.1, 0.15) is 0 Å². The highest BCUT2D eigenvalue weighted by Gasteiger charge is 2.24. The number of urea groups is 1. The van der Waals surface area contributed by atoms with Crippen LogP contribution in [0.4, 0.5) is 10.5 Å². The van der Waals surface area contributed by atoms with Crippen LogP contribution in [0.25, 0.3) is 0 Å². The van der Waals surface area contributed by atoms with Gasteiger partial charge in [0, 0.05) is 37.9 Å². The fraction of sp³-hybridized carbons (Fsp3) is 0.611. The van der Waals surface area contributed by atoms with Gasteiger partial charge >= 0.3 is 6.03 Å². The van der Waals surface area contributed by atoms with E-state index in [0.717, 1.165) is 31.9 Å². The highest BCUT2D eigenvalue weighted by Crippen LogP contribution is 2.29. The van der Waals surface area contributed by atoms with Gasteiger partial charge < -0.3 is 10.2 Å². The predicted octanol–water partition coefficient (Wildman–Crippen LogP) is 3.54. The van der Waals surface area contributed by atoms with Gasteiger partial charge in [-0.05, 0) is 30.9 Å². The Morgan fingerprint density at radius 3 is 2.23 bits per heavy atom. The predicted molar refractivity (Wildman–Crippen MR) is 92.4 cm³/mol. The van der Waals surface area contributed by atoms with Crippen molar-refractivity contribution in [3.8, 4) is 0 Å². The zero-order valence-corrected chi connectivity index (χ0v) is 14.5. The quantitative estimate of drug-likeness (QED) is 0.907. The molecule has 1 aromatic rings. The first-order valence-electron chi connectivity index (χ1n) is 8.18. The molecule has 122 valence electrons. The number of hydrogen-bond donors (Lipinski definition) is 1. The van der Waals surface area contributed by atoms with Gasteiger partial charge in [-0.15, -0.1) is 0 Å². The first-order valence-corrected chi connectivity index (χ1v) is 8.18. The number of carbonyl (C=O) groups is 1. The lowest BCUT2D eigenvalue weighted by atomic mass is 9.86. The van der Waals surface area contributed by atoms with E-state index >= 15 is 0 Å². The number of rotatable bonds is 2. The van der Waals surface area contributed by atoms with Crippen LogP contribution in [0.5, 0.6) is 0 Å². The standard InChI is InChI=1S/C18H29N3O/c1-14(2)20-10-12-21(13-11-20)17(22)19-16-9-7-6-8-15(16)18(3,4)5/h6-9,14H,10-13H2,1-5H3,(H,19,22). The molecule has 1 N–H and O–H groups in total. The molecule has 1 fully saturated rings. The third-order valence-electron chi connectivity index (χ3n) is 4.31. The SMILES string of the molecule is CC(C)N1CCN(C(=O)Nc2ccccc2C(C)(C)C)CC1. The van der Waals surface area contributed by atoms with Gasteiger partial charge in [0.05, 0.1) is 0 Å². The van der Waals surface area contributed by atoms with E-state index in [1.807, 2.05) is 23.1 Å². The second-order valence-corrected chi connectivity index (χ2v) is 7.34. The molecule has 4 nitrogen and oxygen atoms in total. The molecule has 0 radical (unpaired) electrons. The van der Waals surface area contributed by atoms with Crippen LogP contribution in [0.2, 0.25) is 0 Å². The van der Waals surface area contributed by atoms with Crippen molar-refractivity contribution in [1.82, 2.24) is 9.80 Å². The Balaban J connectivity index is 2.02. The number of para-hydroxylation sites is 1. The van der Waals surface area contributed by atoms with Gasteiger partial charge in [0.25, 0.3) is 0 Å². The summed E-state index contributed by atoms with van der Waals surface area (Å²) >= 11 is 0. The molecule has 0 unspecified atom stereocenters. The van der Waals surface area contributed by atoms with E-state index in [-0.39, 0.29) is 11.4 Å². The van der Waals surface area contributed by atoms with Gasteiger partial charge in [-0.2, -0.15) is 0 Å². The van der Waals surface area contributed by atoms with Gasteiger partial charge in [0.2, 0.25) is 0 Å². The maximum absolute atomic E-state index is 12.5. The van der Waals surface area contributed by atoms with Crippen LogP contribution in [0.1, 0.15) is 40.2 Å². The van der Waals surface area contributed by atoms with Crippen LogP contribution in [0.15, 0.2) is 24.3 Å². The van der Waals surface area contributed by atoms with Crippen LogP contribution in [-0.2, 0) is 5.41 Å². The lowest BCUT2D eigenvalue weighted by molar-refractivity contribution is 0.125. The second kappa shape index (κ2) is 6.69. The summed E-state index contributed by atoms with van der Waals surface area (Å²) in [5.74, 6) is 0. The second-order valence-electron chi connectivity index (χ2n) is 7.34. The van der Waals surface area contributed by atoms with Gasteiger partial charge in [0.15, 0.2) is 0 Å². The Bertz CT molecular complexity index is 511. The maximum Gasteiger partial charge on any atom is 0.321 e. The van der Waals surface area contributed by atoms with Crippen molar-refractivity contribution < 1.29 is 4.79 Å². The molecule has 0 bridgehead atoms. The smallest absolute Gasteiger partial charge is 0.321 e. The number of benzene rings is 1. The van der Waals surface area contributed by atoms with E-state index in [1.54, 1.807) is 0 Å². The van der Waals surface area contributed by atoms with Gasteiger partial charge in [-0.25, -0.2) is 4.79 Å². The third kappa shape index (κ3) is 4.01. The third-order valence-corrected chi connectivity index (χ3v) is 4.31. The number of anilines is 1. The van der Waals surface area contributed by atoms with E-state index < -0.39 is 0 Å². The number of piperazine rings is 1. The highest BCUT2D eigenvalue weighted by molar-refractivity contribution is 5.90. The van der Waals surface area contributed by atoms with Gasteiger partial charge in [-0.3, -0.25) is 4.90 Å². The summed E-state index contributed by atoms with van der Waals surface area (Å²) in [7, 11) is 0. The molecular formula is C18H29N3O. The summed E-state index contributed by atoms with van der Waals surface area (Å²) in [6.45, 7) is 14.4. The highest BCUT2D eigenvalue weighted by atomic mass is 16.2. The van der Waals surface area contributed by atoms with E-state index in [0.29, 0.717) is 6.04 Å². The summed E-state index contributed by atoms with van der Waals surface area (Å²) < 4.78 is 0. The Labute approximate surface area is 134 Å². The normalized spacial score (nSPS) is 16.9. The minimum atomic E-state index is 0.0140. The van der Waals surface area contributed by atoms with Gasteiger partial charge in [-0.1, -0.05) is 39.0 Å². The monoisotopic (exact) mass is 303 g/mol. The van der Waals surface area contributed by atoms with Crippen LogP contribution in [0.3, 0.4) is 0 Å². The fourth-order valence-electron chi connectivity index (χ4n) is 2.88. The van der Waals surface area contributed by atoms with Crippen LogP contribution >= 0.6 is 0 Å². The maximum atomic E-state index is 12.5. The molecule has 1 saturated heterocycles. The zero-order valence-electron chi connectivity index (χ0n) is 14.5. The molecule has 1 aromatic carbocycles. The molecule has 4 heteroatoms. The fourth-order valence-corrected chi connectivity index (χ4v) is 2.88. The van der Waals surface area contributed by atoms with E-state index in [1.165, 1.54) is 5.56 Å². The van der Waals surface area contributed by atoms with Crippen molar-refractivity contribution in [2.75, 3.05) is 31.5 Å². The van der Waals surface area contributed by atoms with Crippen molar-refractivity contribution in [2.24, 2.45) is 0 Å². The molecule has 0 saturated carbocycles. The largest absolute Gasteiger partial charge is 0.322 e. The van der Waals surface area contributed by atoms with Crippen LogP contribution in [-0.4, -0.2) is 48.1 Å². The summed E-state index contributed by atoms with van der Waals surface area (Å²) in [5.41, 5.74) is 2.11. The summed E-state index contributed by atoms with van der Waals surface area (Å²) in [6, 6.07) is 8.64. The number of hydrogen-bond acceptors (Lipinski definition) is 2. The van der Waals surface area contributed by atoms with Crippen molar-refractivity contribution in [3.63, 3.8) is 0 Å². The summed E-state index contributed by atoms with van der Waals surface area (Å²) in [4.78, 5) is 16.8. The molecule has 0 aliphatic carbocycles. The van der Waals surface area contributed by atoms with E-state index in [9.17, 15) is 4.79 Å². The number of amides is 2. The molecular weight excluding hydrogens is 274 g/mol. The Morgan fingerprint density at radius 2 is 1.68 bits per heavy atom. The van der Waals surface area contributed by atoms with Crippen molar-refractivity contribution in [2.45, 2.75) is 46.1 Å². The van der Waals surface area contributed by atoms with Crippen molar-refractivity contribution >= 4 is 11.7 Å². The molecule has 2 amide bonds. The molecule has 0 aromatic heterocycles. The average Bonchev–Trinajstić information content (AvgIpc) is 2.46. The lowest BCUT2D eigenvalue weighted by Crippen LogP contribution is -2.51. The molecule has 2 rings (SSSR count). The van der Waals surface area contributed by atoms with Crippen molar-refractivity contribution in [1.29, 1.82) is 0 Å². The molecule has 0 atom stereocenters. The molecule has 1 aliphatic rings. The molecule has 1 aliphatic heterocycles. The van der Waals surface area contributed by atoms with E-state index in [4.69, 9.17) is 0 Å². The van der Waals surface area contributed by atoms with Crippen LogP contribution in [0, 0.1) is 0 Å². The number of nitrogens with zero attached hydrogens (tertiary/aromatic N) is 2. The minimum absolute atomic E-state index is 0.0140. The van der Waals surface area contributed by atoms with E-state index in [2.05, 4.69) is 50.9 Å². The minimum Gasteiger partial charge on any atom is -0.322 e. The Hall–Kier alpha value is -1.55. The molecule has 22 heavy (non-hydrogen) atoms. The van der Waals surface area contributed by atoms with Crippen LogP contribution < -0.4 is 5.32 Å². The summed E-state index contributed by atoms with van der Waals surface area (Å²) in [5, 5.41) is 3.10. The number of nitrogens with one attached hydrogen (secondary N) is 1. The number of carbonyl (C=O) groups excluding carboxylic acids is 1. The average molecular weight is 303 g/mol. The summed E-state index contributed by atoms with van der Waals surface area (Å²) in [6.07, 6.45) is 0. The first kappa shape index (κ1) is 16.8.